The maximum absolute atomic E-state index is 13.8. The fourth-order valence-corrected chi connectivity index (χ4v) is 4.36. The molecule has 0 radical (unpaired) electrons. The second kappa shape index (κ2) is 6.51. The average Bonchev–Trinajstić information content (AvgIpc) is 2.89. The van der Waals surface area contributed by atoms with E-state index in [0.717, 1.165) is 31.7 Å². The molecule has 1 saturated carbocycles. The molecule has 112 valence electrons. The monoisotopic (exact) mass is 364 g/mol. The van der Waals surface area contributed by atoms with Crippen LogP contribution in [0.2, 0.25) is 0 Å². The highest BCUT2D eigenvalue weighted by Crippen LogP contribution is 2.28. The number of benzene rings is 1. The first kappa shape index (κ1) is 15.9. The van der Waals surface area contributed by atoms with Gasteiger partial charge in [0.05, 0.1) is 0 Å². The van der Waals surface area contributed by atoms with Gasteiger partial charge in [0.15, 0.2) is 0 Å². The van der Waals surface area contributed by atoms with Crippen LogP contribution in [-0.2, 0) is 10.0 Å². The largest absolute Gasteiger partial charge is 0.329 e. The summed E-state index contributed by atoms with van der Waals surface area (Å²) in [4.78, 5) is -0.336. The third-order valence-electron chi connectivity index (χ3n) is 3.71. The van der Waals surface area contributed by atoms with Crippen molar-refractivity contribution in [3.8, 4) is 0 Å². The van der Waals surface area contributed by atoms with Crippen LogP contribution < -0.4 is 10.5 Å². The molecular weight excluding hydrogens is 347 g/mol. The molecule has 0 aliphatic heterocycles. The van der Waals surface area contributed by atoms with Crippen LogP contribution in [0.1, 0.15) is 25.7 Å². The van der Waals surface area contributed by atoms with E-state index in [9.17, 15) is 12.8 Å². The summed E-state index contributed by atoms with van der Waals surface area (Å²) in [6, 6.07) is 3.57. The van der Waals surface area contributed by atoms with Gasteiger partial charge in [0.25, 0.3) is 0 Å². The van der Waals surface area contributed by atoms with E-state index < -0.39 is 15.8 Å². The molecular formula is C13H18BrFN2O2S. The van der Waals surface area contributed by atoms with Gasteiger partial charge in [-0.05, 0) is 37.0 Å². The lowest BCUT2D eigenvalue weighted by Gasteiger charge is -2.23. The first-order valence-electron chi connectivity index (χ1n) is 6.61. The topological polar surface area (TPSA) is 72.2 Å². The summed E-state index contributed by atoms with van der Waals surface area (Å²) in [6.07, 6.45) is 4.12. The van der Waals surface area contributed by atoms with Gasteiger partial charge in [-0.2, -0.15) is 0 Å². The third-order valence-corrected chi connectivity index (χ3v) is 5.73. The Morgan fingerprint density at radius 1 is 1.40 bits per heavy atom. The Balaban J connectivity index is 2.21. The maximum Gasteiger partial charge on any atom is 0.243 e. The quantitative estimate of drug-likeness (QED) is 0.842. The zero-order valence-corrected chi connectivity index (χ0v) is 13.4. The minimum atomic E-state index is -3.88. The molecule has 20 heavy (non-hydrogen) atoms. The van der Waals surface area contributed by atoms with Crippen LogP contribution in [0.15, 0.2) is 27.6 Å². The van der Waals surface area contributed by atoms with Crippen LogP contribution in [0.4, 0.5) is 4.39 Å². The van der Waals surface area contributed by atoms with E-state index in [1.54, 1.807) is 0 Å². The Bertz CT molecular complexity index is 574. The van der Waals surface area contributed by atoms with E-state index in [1.165, 1.54) is 12.1 Å². The molecule has 0 heterocycles. The lowest BCUT2D eigenvalue weighted by molar-refractivity contribution is 0.404. The molecule has 1 aliphatic rings. The lowest BCUT2D eigenvalue weighted by atomic mass is 9.99. The second-order valence-corrected chi connectivity index (χ2v) is 7.68. The van der Waals surface area contributed by atoms with Crippen molar-refractivity contribution >= 4 is 26.0 Å². The van der Waals surface area contributed by atoms with Crippen molar-refractivity contribution in [3.05, 3.63) is 28.5 Å². The Morgan fingerprint density at radius 3 is 2.60 bits per heavy atom. The highest BCUT2D eigenvalue weighted by atomic mass is 79.9. The van der Waals surface area contributed by atoms with Crippen molar-refractivity contribution in [1.29, 1.82) is 0 Å². The zero-order valence-electron chi connectivity index (χ0n) is 11.0. The summed E-state index contributed by atoms with van der Waals surface area (Å²) in [6.45, 7) is 0.224. The summed E-state index contributed by atoms with van der Waals surface area (Å²) in [7, 11) is -3.88. The standard InChI is InChI=1S/C13H18BrFN2O2S/c14-10-5-6-13(11(15)7-10)20(18,19)17-12(8-16)9-3-1-2-4-9/h5-7,9,12,17H,1-4,8,16H2. The fraction of sp³-hybridized carbons (Fsp3) is 0.538. The maximum atomic E-state index is 13.8. The molecule has 0 aromatic heterocycles. The highest BCUT2D eigenvalue weighted by Gasteiger charge is 2.29. The number of nitrogens with two attached hydrogens (primary N) is 1. The van der Waals surface area contributed by atoms with Crippen LogP contribution in [0.25, 0.3) is 0 Å². The molecule has 3 N–H and O–H groups in total. The Hall–Kier alpha value is -0.500. The van der Waals surface area contributed by atoms with Crippen molar-refractivity contribution in [2.75, 3.05) is 6.54 Å². The number of hydrogen-bond donors (Lipinski definition) is 2. The molecule has 1 aromatic rings. The van der Waals surface area contributed by atoms with Gasteiger partial charge in [-0.15, -0.1) is 0 Å². The molecule has 1 unspecified atom stereocenters. The molecule has 0 amide bonds. The molecule has 0 saturated heterocycles. The Morgan fingerprint density at radius 2 is 2.05 bits per heavy atom. The molecule has 4 nitrogen and oxygen atoms in total. The number of sulfonamides is 1. The van der Waals surface area contributed by atoms with Crippen molar-refractivity contribution in [1.82, 2.24) is 4.72 Å². The Labute approximate surface area is 127 Å². The van der Waals surface area contributed by atoms with Crippen LogP contribution in [-0.4, -0.2) is 21.0 Å². The number of hydrogen-bond acceptors (Lipinski definition) is 3. The summed E-state index contributed by atoms with van der Waals surface area (Å²) < 4.78 is 41.4. The lowest BCUT2D eigenvalue weighted by Crippen LogP contribution is -2.44. The first-order chi connectivity index (χ1) is 9.44. The number of halogens is 2. The van der Waals surface area contributed by atoms with Gasteiger partial charge in [0, 0.05) is 17.1 Å². The molecule has 2 rings (SSSR count). The molecule has 1 atom stereocenters. The zero-order chi connectivity index (χ0) is 14.8. The number of nitrogens with one attached hydrogen (secondary N) is 1. The SMILES string of the molecule is NCC(NS(=O)(=O)c1ccc(Br)cc1F)C1CCCC1. The van der Waals surface area contributed by atoms with E-state index in [-0.39, 0.29) is 23.4 Å². The van der Waals surface area contributed by atoms with E-state index in [2.05, 4.69) is 20.7 Å². The van der Waals surface area contributed by atoms with Gasteiger partial charge in [0.1, 0.15) is 10.7 Å². The van der Waals surface area contributed by atoms with Crippen LogP contribution >= 0.6 is 15.9 Å². The molecule has 0 spiro atoms. The predicted molar refractivity (Wildman–Crippen MR) is 79.2 cm³/mol. The summed E-state index contributed by atoms with van der Waals surface area (Å²) in [5, 5.41) is 0. The smallest absolute Gasteiger partial charge is 0.243 e. The molecule has 1 fully saturated rings. The van der Waals surface area contributed by atoms with E-state index in [4.69, 9.17) is 5.73 Å². The summed E-state index contributed by atoms with van der Waals surface area (Å²) in [5.74, 6) is -0.526. The Kier molecular flexibility index (Phi) is 5.17. The summed E-state index contributed by atoms with van der Waals surface area (Å²) >= 11 is 3.11. The molecule has 7 heteroatoms. The van der Waals surface area contributed by atoms with Crippen molar-refractivity contribution < 1.29 is 12.8 Å². The highest BCUT2D eigenvalue weighted by molar-refractivity contribution is 9.10. The fourth-order valence-electron chi connectivity index (χ4n) is 2.65. The molecule has 0 bridgehead atoms. The van der Waals surface area contributed by atoms with Crippen molar-refractivity contribution in [2.45, 2.75) is 36.6 Å². The second-order valence-electron chi connectivity index (χ2n) is 5.08. The van der Waals surface area contributed by atoms with Crippen molar-refractivity contribution in [2.24, 2.45) is 11.7 Å². The van der Waals surface area contributed by atoms with Gasteiger partial charge in [-0.25, -0.2) is 17.5 Å². The minimum absolute atomic E-state index is 0.224. The third kappa shape index (κ3) is 3.58. The molecule has 1 aliphatic carbocycles. The van der Waals surface area contributed by atoms with E-state index >= 15 is 0 Å². The minimum Gasteiger partial charge on any atom is -0.329 e. The van der Waals surface area contributed by atoms with Crippen LogP contribution in [0.3, 0.4) is 0 Å². The van der Waals surface area contributed by atoms with Gasteiger partial charge in [0.2, 0.25) is 10.0 Å². The number of rotatable bonds is 5. The van der Waals surface area contributed by atoms with Gasteiger partial charge in [-0.3, -0.25) is 0 Å². The van der Waals surface area contributed by atoms with Crippen LogP contribution in [0.5, 0.6) is 0 Å². The van der Waals surface area contributed by atoms with Crippen LogP contribution in [0, 0.1) is 11.7 Å². The van der Waals surface area contributed by atoms with E-state index in [0.29, 0.717) is 4.47 Å². The van der Waals surface area contributed by atoms with Crippen molar-refractivity contribution in [3.63, 3.8) is 0 Å². The summed E-state index contributed by atoms with van der Waals surface area (Å²) in [5.41, 5.74) is 5.67. The van der Waals surface area contributed by atoms with Gasteiger partial charge >= 0.3 is 0 Å². The normalized spacial score (nSPS) is 18.4. The van der Waals surface area contributed by atoms with Gasteiger partial charge < -0.3 is 5.73 Å². The average molecular weight is 365 g/mol. The predicted octanol–water partition coefficient (Wildman–Crippen LogP) is 2.38. The van der Waals surface area contributed by atoms with E-state index in [1.807, 2.05) is 0 Å². The first-order valence-corrected chi connectivity index (χ1v) is 8.89. The molecule has 1 aromatic carbocycles. The van der Waals surface area contributed by atoms with Gasteiger partial charge in [-0.1, -0.05) is 28.8 Å².